The molecule has 0 saturated carbocycles. The van der Waals surface area contributed by atoms with Crippen LogP contribution in [0.2, 0.25) is 0 Å². The minimum atomic E-state index is -0.0278. The smallest absolute Gasteiger partial charge is 0.256 e. The largest absolute Gasteiger partial charge is 0.508 e. The number of oxazole rings is 1. The van der Waals surface area contributed by atoms with Crippen molar-refractivity contribution >= 4 is 16.8 Å². The monoisotopic (exact) mass is 395 g/mol. The van der Waals surface area contributed by atoms with E-state index in [0.29, 0.717) is 31.0 Å². The van der Waals surface area contributed by atoms with Gasteiger partial charge >= 0.3 is 0 Å². The highest BCUT2D eigenvalue weighted by atomic mass is 16.5. The molecule has 0 bridgehead atoms. The molecule has 0 aliphatic carbocycles. The number of amides is 1. The van der Waals surface area contributed by atoms with Crippen LogP contribution in [0.15, 0.2) is 22.6 Å². The van der Waals surface area contributed by atoms with E-state index in [1.54, 1.807) is 12.1 Å². The minimum Gasteiger partial charge on any atom is -0.508 e. The second-order valence-electron chi connectivity index (χ2n) is 8.01. The van der Waals surface area contributed by atoms with E-state index in [1.165, 1.54) is 0 Å². The number of hydrogen-bond donors (Lipinski definition) is 1. The lowest BCUT2D eigenvalue weighted by Gasteiger charge is -2.25. The Morgan fingerprint density at radius 3 is 2.86 bits per heavy atom. The number of aromatic hydroxyl groups is 1. The number of carbonyl (C=O) groups is 1. The molecule has 0 atom stereocenters. The van der Waals surface area contributed by atoms with Gasteiger partial charge in [0, 0.05) is 55.7 Å². The molecule has 2 aromatic heterocycles. The molecule has 3 aromatic rings. The lowest BCUT2D eigenvalue weighted by atomic mass is 10.0. The molecule has 0 spiro atoms. The quantitative estimate of drug-likeness (QED) is 0.720. The molecule has 4 heterocycles. The van der Waals surface area contributed by atoms with Crippen LogP contribution < -0.4 is 0 Å². The summed E-state index contributed by atoms with van der Waals surface area (Å²) in [5.41, 5.74) is 3.34. The summed E-state index contributed by atoms with van der Waals surface area (Å²) in [4.78, 5) is 20.0. The first-order chi connectivity index (χ1) is 14.0. The summed E-state index contributed by atoms with van der Waals surface area (Å²) < 4.78 is 13.5. The second-order valence-corrected chi connectivity index (χ2v) is 8.01. The van der Waals surface area contributed by atoms with E-state index < -0.39 is 0 Å². The molecular weight excluding hydrogens is 370 g/mol. The number of rotatable bonds is 2. The van der Waals surface area contributed by atoms with Crippen LogP contribution in [0.5, 0.6) is 5.75 Å². The number of ether oxygens (including phenoxy) is 1. The van der Waals surface area contributed by atoms with Gasteiger partial charge in [-0.05, 0) is 38.0 Å². The van der Waals surface area contributed by atoms with Crippen LogP contribution >= 0.6 is 0 Å². The molecule has 2 aliphatic heterocycles. The third kappa shape index (κ3) is 3.00. The van der Waals surface area contributed by atoms with Gasteiger partial charge in [-0.1, -0.05) is 0 Å². The van der Waals surface area contributed by atoms with Crippen LogP contribution in [-0.2, 0) is 24.8 Å². The lowest BCUT2D eigenvalue weighted by molar-refractivity contribution is 0.0726. The van der Waals surface area contributed by atoms with Gasteiger partial charge in [0.1, 0.15) is 17.2 Å². The summed E-state index contributed by atoms with van der Waals surface area (Å²) in [6, 6.07) is 5.17. The van der Waals surface area contributed by atoms with Crippen LogP contribution in [0.3, 0.4) is 0 Å². The van der Waals surface area contributed by atoms with Crippen molar-refractivity contribution in [3.8, 4) is 5.75 Å². The Kier molecular flexibility index (Phi) is 4.35. The van der Waals surface area contributed by atoms with Gasteiger partial charge in [-0.25, -0.2) is 4.98 Å². The van der Waals surface area contributed by atoms with Crippen LogP contribution in [0.4, 0.5) is 0 Å². The minimum absolute atomic E-state index is 0.0278. The predicted octanol–water partition coefficient (Wildman–Crippen LogP) is 3.27. The number of aromatic nitrogens is 2. The molecule has 1 saturated heterocycles. The first-order valence-electron chi connectivity index (χ1n) is 10.2. The Bertz CT molecular complexity index is 1090. The second kappa shape index (κ2) is 6.91. The van der Waals surface area contributed by atoms with Crippen molar-refractivity contribution in [1.82, 2.24) is 14.5 Å². The first kappa shape index (κ1) is 18.2. The predicted molar refractivity (Wildman–Crippen MR) is 107 cm³/mol. The van der Waals surface area contributed by atoms with E-state index in [-0.39, 0.29) is 11.7 Å². The summed E-state index contributed by atoms with van der Waals surface area (Å²) in [6.07, 6.45) is 2.54. The van der Waals surface area contributed by atoms with Crippen molar-refractivity contribution in [2.45, 2.75) is 38.6 Å². The van der Waals surface area contributed by atoms with Crippen molar-refractivity contribution in [3.05, 3.63) is 46.8 Å². The number of phenolic OH excluding ortho intramolecular Hbond substituents is 1. The fraction of sp³-hybridized carbons (Fsp3) is 0.455. The van der Waals surface area contributed by atoms with E-state index in [4.69, 9.17) is 14.1 Å². The lowest BCUT2D eigenvalue weighted by Crippen LogP contribution is -2.36. The summed E-state index contributed by atoms with van der Waals surface area (Å²) in [5.74, 6) is 2.14. The average Bonchev–Trinajstić information content (AvgIpc) is 3.27. The van der Waals surface area contributed by atoms with E-state index in [2.05, 4.69) is 0 Å². The third-order valence-electron chi connectivity index (χ3n) is 6.29. The zero-order valence-corrected chi connectivity index (χ0v) is 16.8. The fourth-order valence-electron chi connectivity index (χ4n) is 4.50. The van der Waals surface area contributed by atoms with Gasteiger partial charge in [0.15, 0.2) is 5.89 Å². The zero-order valence-electron chi connectivity index (χ0n) is 16.8. The molecule has 7 heteroatoms. The zero-order chi connectivity index (χ0) is 20.1. The molecule has 29 heavy (non-hydrogen) atoms. The van der Waals surface area contributed by atoms with E-state index in [0.717, 1.165) is 60.0 Å². The number of aryl methyl sites for hydroxylation is 1. The van der Waals surface area contributed by atoms with Crippen molar-refractivity contribution in [1.29, 1.82) is 0 Å². The normalized spacial score (nSPS) is 17.7. The number of hydrogen-bond acceptors (Lipinski definition) is 5. The van der Waals surface area contributed by atoms with Crippen molar-refractivity contribution in [2.75, 3.05) is 19.8 Å². The maximum atomic E-state index is 13.4. The highest BCUT2D eigenvalue weighted by Crippen LogP contribution is 2.33. The number of fused-ring (bicyclic) bond motifs is 2. The standard InChI is InChI=1S/C22H25N3O4/c1-13-20(16-11-15(26)3-4-18(16)24(13)2)22(27)25-8-5-19-17(12-25)23-21(29-19)14-6-9-28-10-7-14/h3-4,11,14,26H,5-10,12H2,1-2H3. The topological polar surface area (TPSA) is 80.7 Å². The molecule has 5 rings (SSSR count). The van der Waals surface area contributed by atoms with Gasteiger partial charge in [0.25, 0.3) is 5.91 Å². The molecule has 1 amide bonds. The molecule has 1 fully saturated rings. The summed E-state index contributed by atoms with van der Waals surface area (Å²) in [7, 11) is 1.94. The summed E-state index contributed by atoms with van der Waals surface area (Å²) in [6.45, 7) is 4.49. The third-order valence-corrected chi connectivity index (χ3v) is 6.29. The van der Waals surface area contributed by atoms with Gasteiger partial charge in [-0.3, -0.25) is 4.79 Å². The van der Waals surface area contributed by atoms with Crippen LogP contribution in [0.25, 0.3) is 10.9 Å². The SMILES string of the molecule is Cc1c(C(=O)N2CCc3oc(C4CCOCC4)nc3C2)c2cc(O)ccc2n1C. The summed E-state index contributed by atoms with van der Waals surface area (Å²) >= 11 is 0. The van der Waals surface area contributed by atoms with Crippen molar-refractivity contribution in [2.24, 2.45) is 7.05 Å². The Balaban J connectivity index is 1.44. The number of phenols is 1. The van der Waals surface area contributed by atoms with Gasteiger partial charge in [-0.2, -0.15) is 0 Å². The van der Waals surface area contributed by atoms with E-state index in [1.807, 2.05) is 29.5 Å². The molecular formula is C22H25N3O4. The number of nitrogens with zero attached hydrogens (tertiary/aromatic N) is 3. The fourth-order valence-corrected chi connectivity index (χ4v) is 4.50. The molecule has 0 radical (unpaired) electrons. The average molecular weight is 395 g/mol. The van der Waals surface area contributed by atoms with Crippen LogP contribution in [0, 0.1) is 6.92 Å². The molecule has 1 N–H and O–H groups in total. The van der Waals surface area contributed by atoms with Gasteiger partial charge in [0.2, 0.25) is 0 Å². The maximum Gasteiger partial charge on any atom is 0.256 e. The Morgan fingerprint density at radius 1 is 1.28 bits per heavy atom. The Hall–Kier alpha value is -2.80. The highest BCUT2D eigenvalue weighted by molar-refractivity contribution is 6.08. The molecule has 2 aliphatic rings. The van der Waals surface area contributed by atoms with Crippen molar-refractivity contribution in [3.63, 3.8) is 0 Å². The number of carbonyl (C=O) groups excluding carboxylic acids is 1. The van der Waals surface area contributed by atoms with Crippen molar-refractivity contribution < 1.29 is 19.1 Å². The highest BCUT2D eigenvalue weighted by Gasteiger charge is 2.31. The van der Waals surface area contributed by atoms with Gasteiger partial charge in [-0.15, -0.1) is 0 Å². The van der Waals surface area contributed by atoms with Gasteiger partial charge < -0.3 is 23.7 Å². The molecule has 7 nitrogen and oxygen atoms in total. The van der Waals surface area contributed by atoms with Crippen LogP contribution in [0.1, 0.15) is 52.2 Å². The maximum absolute atomic E-state index is 13.4. The van der Waals surface area contributed by atoms with E-state index in [9.17, 15) is 9.90 Å². The van der Waals surface area contributed by atoms with Crippen LogP contribution in [-0.4, -0.2) is 45.2 Å². The number of benzene rings is 1. The first-order valence-corrected chi connectivity index (χ1v) is 10.2. The molecule has 1 aromatic carbocycles. The Labute approximate surface area is 168 Å². The van der Waals surface area contributed by atoms with E-state index >= 15 is 0 Å². The van der Waals surface area contributed by atoms with Gasteiger partial charge in [0.05, 0.1) is 12.1 Å². The molecule has 0 unspecified atom stereocenters. The summed E-state index contributed by atoms with van der Waals surface area (Å²) in [5, 5.41) is 10.7. The Morgan fingerprint density at radius 2 is 2.07 bits per heavy atom. The molecule has 152 valence electrons.